The van der Waals surface area contributed by atoms with Crippen molar-refractivity contribution in [2.45, 2.75) is 25.9 Å². The van der Waals surface area contributed by atoms with Gasteiger partial charge in [-0.1, -0.05) is 42.5 Å². The van der Waals surface area contributed by atoms with Crippen LogP contribution in [0.5, 0.6) is 0 Å². The smallest absolute Gasteiger partial charge is 0.126 e. The van der Waals surface area contributed by atoms with Crippen molar-refractivity contribution in [2.24, 2.45) is 0 Å². The zero-order valence-electron chi connectivity index (χ0n) is 10.4. The molecular formula is C16H17FO. The van der Waals surface area contributed by atoms with Crippen molar-refractivity contribution in [3.63, 3.8) is 0 Å². The summed E-state index contributed by atoms with van der Waals surface area (Å²) in [7, 11) is 0. The van der Waals surface area contributed by atoms with Crippen LogP contribution in [0.1, 0.15) is 29.2 Å². The molecule has 1 nitrogen and oxygen atoms in total. The maximum atomic E-state index is 13.4. The van der Waals surface area contributed by atoms with Crippen LogP contribution in [-0.2, 0) is 6.42 Å². The Morgan fingerprint density at radius 3 is 2.50 bits per heavy atom. The van der Waals surface area contributed by atoms with Crippen LogP contribution < -0.4 is 0 Å². The van der Waals surface area contributed by atoms with E-state index in [1.165, 1.54) is 11.6 Å². The molecule has 18 heavy (non-hydrogen) atoms. The summed E-state index contributed by atoms with van der Waals surface area (Å²) >= 11 is 0. The molecule has 0 saturated heterocycles. The highest BCUT2D eigenvalue weighted by atomic mass is 19.1. The Morgan fingerprint density at radius 2 is 1.83 bits per heavy atom. The van der Waals surface area contributed by atoms with Crippen molar-refractivity contribution < 1.29 is 9.50 Å². The van der Waals surface area contributed by atoms with E-state index in [0.717, 1.165) is 6.42 Å². The Bertz CT molecular complexity index is 508. The molecule has 0 aliphatic rings. The van der Waals surface area contributed by atoms with Crippen molar-refractivity contribution >= 4 is 0 Å². The minimum Gasteiger partial charge on any atom is -0.388 e. The second-order valence-corrected chi connectivity index (χ2v) is 4.55. The zero-order chi connectivity index (χ0) is 13.0. The number of aliphatic hydroxyl groups is 1. The van der Waals surface area contributed by atoms with E-state index >= 15 is 0 Å². The summed E-state index contributed by atoms with van der Waals surface area (Å²) in [5.41, 5.74) is 2.44. The van der Waals surface area contributed by atoms with Gasteiger partial charge >= 0.3 is 0 Å². The third kappa shape index (κ3) is 3.17. The minimum absolute atomic E-state index is 0.258. The Labute approximate surface area is 107 Å². The molecule has 0 spiro atoms. The van der Waals surface area contributed by atoms with Gasteiger partial charge in [0.05, 0.1) is 6.10 Å². The molecule has 2 aromatic rings. The average Bonchev–Trinajstić information content (AvgIpc) is 2.40. The number of rotatable bonds is 4. The molecule has 0 heterocycles. The lowest BCUT2D eigenvalue weighted by molar-refractivity contribution is 0.167. The number of aliphatic hydroxyl groups excluding tert-OH is 1. The Kier molecular flexibility index (Phi) is 4.11. The van der Waals surface area contributed by atoms with E-state index in [1.54, 1.807) is 19.1 Å². The molecule has 0 aliphatic heterocycles. The van der Waals surface area contributed by atoms with E-state index in [-0.39, 0.29) is 5.82 Å². The first kappa shape index (κ1) is 12.8. The fourth-order valence-electron chi connectivity index (χ4n) is 1.93. The standard InChI is InChI=1S/C16H17FO/c1-12-7-9-14(11-15(12)17)16(18)10-8-13-5-3-2-4-6-13/h2-7,9,11,16,18H,8,10H2,1H3. The Morgan fingerprint density at radius 1 is 1.11 bits per heavy atom. The summed E-state index contributed by atoms with van der Waals surface area (Å²) in [5.74, 6) is -0.258. The topological polar surface area (TPSA) is 20.2 Å². The predicted octanol–water partition coefficient (Wildman–Crippen LogP) is 3.80. The monoisotopic (exact) mass is 244 g/mol. The first-order valence-electron chi connectivity index (χ1n) is 6.15. The predicted molar refractivity (Wildman–Crippen MR) is 70.9 cm³/mol. The molecule has 0 fully saturated rings. The number of halogens is 1. The van der Waals surface area contributed by atoms with Gasteiger partial charge in [0, 0.05) is 0 Å². The molecule has 1 unspecified atom stereocenters. The second-order valence-electron chi connectivity index (χ2n) is 4.55. The highest BCUT2D eigenvalue weighted by Crippen LogP contribution is 2.21. The summed E-state index contributed by atoms with van der Waals surface area (Å²) in [6.07, 6.45) is 0.782. The zero-order valence-corrected chi connectivity index (χ0v) is 10.4. The van der Waals surface area contributed by atoms with Crippen LogP contribution in [0.15, 0.2) is 48.5 Å². The van der Waals surface area contributed by atoms with Crippen molar-refractivity contribution in [1.29, 1.82) is 0 Å². The van der Waals surface area contributed by atoms with Crippen LogP contribution in [0.2, 0.25) is 0 Å². The Hall–Kier alpha value is -1.67. The molecule has 94 valence electrons. The van der Waals surface area contributed by atoms with E-state index in [4.69, 9.17) is 0 Å². The summed E-state index contributed by atoms with van der Waals surface area (Å²) in [6.45, 7) is 1.72. The van der Waals surface area contributed by atoms with Crippen LogP contribution in [-0.4, -0.2) is 5.11 Å². The van der Waals surface area contributed by atoms with E-state index < -0.39 is 6.10 Å². The van der Waals surface area contributed by atoms with Crippen molar-refractivity contribution in [3.8, 4) is 0 Å². The number of benzene rings is 2. The molecule has 2 rings (SSSR count). The fourth-order valence-corrected chi connectivity index (χ4v) is 1.93. The van der Waals surface area contributed by atoms with E-state index in [2.05, 4.69) is 0 Å². The van der Waals surface area contributed by atoms with Crippen LogP contribution in [0.3, 0.4) is 0 Å². The molecule has 0 aliphatic carbocycles. The quantitative estimate of drug-likeness (QED) is 0.867. The molecule has 0 radical (unpaired) electrons. The Balaban J connectivity index is 1.99. The van der Waals surface area contributed by atoms with E-state index in [1.807, 2.05) is 30.3 Å². The number of hydrogen-bond acceptors (Lipinski definition) is 1. The third-order valence-electron chi connectivity index (χ3n) is 3.13. The summed E-state index contributed by atoms with van der Waals surface area (Å²) in [6, 6.07) is 14.9. The maximum absolute atomic E-state index is 13.4. The molecular weight excluding hydrogens is 227 g/mol. The first-order valence-corrected chi connectivity index (χ1v) is 6.15. The lowest BCUT2D eigenvalue weighted by atomic mass is 10.0. The largest absolute Gasteiger partial charge is 0.388 e. The highest BCUT2D eigenvalue weighted by Gasteiger charge is 2.09. The molecule has 1 atom stereocenters. The molecule has 0 saturated carbocycles. The van der Waals surface area contributed by atoms with Gasteiger partial charge in [-0.25, -0.2) is 4.39 Å². The van der Waals surface area contributed by atoms with E-state index in [0.29, 0.717) is 17.5 Å². The summed E-state index contributed by atoms with van der Waals surface area (Å²) in [4.78, 5) is 0. The van der Waals surface area contributed by atoms with Gasteiger partial charge in [0.1, 0.15) is 5.82 Å². The van der Waals surface area contributed by atoms with Crippen molar-refractivity contribution in [3.05, 3.63) is 71.0 Å². The van der Waals surface area contributed by atoms with Gasteiger partial charge in [0.2, 0.25) is 0 Å². The molecule has 0 bridgehead atoms. The molecule has 0 aromatic heterocycles. The fraction of sp³-hybridized carbons (Fsp3) is 0.250. The summed E-state index contributed by atoms with van der Waals surface area (Å²) in [5, 5.41) is 10.0. The lowest BCUT2D eigenvalue weighted by Gasteiger charge is -2.11. The van der Waals surface area contributed by atoms with Gasteiger partial charge in [-0.2, -0.15) is 0 Å². The lowest BCUT2D eigenvalue weighted by Crippen LogP contribution is -2.00. The van der Waals surface area contributed by atoms with Gasteiger partial charge in [0.25, 0.3) is 0 Å². The van der Waals surface area contributed by atoms with Crippen LogP contribution in [0.25, 0.3) is 0 Å². The van der Waals surface area contributed by atoms with Crippen LogP contribution in [0.4, 0.5) is 4.39 Å². The molecule has 0 amide bonds. The van der Waals surface area contributed by atoms with Gasteiger partial charge in [-0.15, -0.1) is 0 Å². The van der Waals surface area contributed by atoms with Crippen LogP contribution >= 0.6 is 0 Å². The van der Waals surface area contributed by atoms with Gasteiger partial charge in [0.15, 0.2) is 0 Å². The normalized spacial score (nSPS) is 12.4. The molecule has 2 heteroatoms. The molecule has 1 N–H and O–H groups in total. The maximum Gasteiger partial charge on any atom is 0.126 e. The minimum atomic E-state index is -0.611. The van der Waals surface area contributed by atoms with E-state index in [9.17, 15) is 9.50 Å². The van der Waals surface area contributed by atoms with Crippen molar-refractivity contribution in [1.82, 2.24) is 0 Å². The van der Waals surface area contributed by atoms with Gasteiger partial charge < -0.3 is 5.11 Å². The average molecular weight is 244 g/mol. The second kappa shape index (κ2) is 5.78. The summed E-state index contributed by atoms with van der Waals surface area (Å²) < 4.78 is 13.4. The van der Waals surface area contributed by atoms with Crippen molar-refractivity contribution in [2.75, 3.05) is 0 Å². The highest BCUT2D eigenvalue weighted by molar-refractivity contribution is 5.25. The van der Waals surface area contributed by atoms with Crippen LogP contribution in [0, 0.1) is 12.7 Å². The first-order chi connectivity index (χ1) is 8.66. The van der Waals surface area contributed by atoms with Gasteiger partial charge in [-0.3, -0.25) is 0 Å². The number of aryl methyl sites for hydroxylation is 2. The number of hydrogen-bond donors (Lipinski definition) is 1. The SMILES string of the molecule is Cc1ccc(C(O)CCc2ccccc2)cc1F. The van der Waals surface area contributed by atoms with Gasteiger partial charge in [-0.05, 0) is 42.5 Å². The third-order valence-corrected chi connectivity index (χ3v) is 3.13. The molecule has 2 aromatic carbocycles.